The number of nitrogens with one attached hydrogen (secondary N) is 1. The van der Waals surface area contributed by atoms with Crippen molar-refractivity contribution in [1.29, 1.82) is 0 Å². The standard InChI is InChI=1S/C22H27FN6O3S/c1-33(31,32)9-7-25-19-14(11-26-21(27-19)28-8-4-16(24)13-28)12-29-18-10-15(23)2-3-17(18)22(5-6-22)20(29)30/h2-3,10-11,16H,4-9,12-13,24H2,1H3,(H,25,26,27)/t16-/m0/s1. The third kappa shape index (κ3) is 4.15. The molecule has 3 aliphatic rings. The van der Waals surface area contributed by atoms with E-state index >= 15 is 0 Å². The molecule has 2 aromatic rings. The van der Waals surface area contributed by atoms with Crippen LogP contribution in [0, 0.1) is 5.82 Å². The fourth-order valence-corrected chi connectivity index (χ4v) is 5.17. The Morgan fingerprint density at radius 2 is 2.12 bits per heavy atom. The summed E-state index contributed by atoms with van der Waals surface area (Å²) in [6.07, 6.45) is 5.18. The number of halogens is 1. The first-order valence-electron chi connectivity index (χ1n) is 11.1. The van der Waals surface area contributed by atoms with E-state index in [2.05, 4.69) is 15.3 Å². The number of hydrogen-bond acceptors (Lipinski definition) is 8. The first kappa shape index (κ1) is 22.0. The molecule has 1 saturated carbocycles. The topological polar surface area (TPSA) is 122 Å². The summed E-state index contributed by atoms with van der Waals surface area (Å²) in [6, 6.07) is 4.56. The van der Waals surface area contributed by atoms with Gasteiger partial charge in [-0.2, -0.15) is 4.98 Å². The third-order valence-corrected chi connectivity index (χ3v) is 7.57. The number of hydrogen-bond donors (Lipinski definition) is 2. The Labute approximate surface area is 192 Å². The van der Waals surface area contributed by atoms with Crippen LogP contribution in [0.3, 0.4) is 0 Å². The van der Waals surface area contributed by atoms with Gasteiger partial charge in [0, 0.05) is 43.7 Å². The first-order valence-corrected chi connectivity index (χ1v) is 13.1. The van der Waals surface area contributed by atoms with Gasteiger partial charge in [0.2, 0.25) is 11.9 Å². The molecule has 0 bridgehead atoms. The van der Waals surface area contributed by atoms with Crippen molar-refractivity contribution in [2.24, 2.45) is 5.73 Å². The number of sulfone groups is 1. The van der Waals surface area contributed by atoms with Gasteiger partial charge in [0.05, 0.1) is 23.4 Å². The number of anilines is 3. The van der Waals surface area contributed by atoms with Crippen LogP contribution in [0.15, 0.2) is 24.4 Å². The summed E-state index contributed by atoms with van der Waals surface area (Å²) >= 11 is 0. The van der Waals surface area contributed by atoms with Crippen molar-refractivity contribution in [3.63, 3.8) is 0 Å². The normalized spacial score (nSPS) is 21.1. The highest BCUT2D eigenvalue weighted by Gasteiger charge is 2.59. The minimum atomic E-state index is -3.16. The fraction of sp³-hybridized carbons (Fsp3) is 0.500. The predicted molar refractivity (Wildman–Crippen MR) is 124 cm³/mol. The van der Waals surface area contributed by atoms with Crippen molar-refractivity contribution in [3.05, 3.63) is 41.3 Å². The number of amides is 1. The number of aromatic nitrogens is 2. The minimum absolute atomic E-state index is 0.0419. The van der Waals surface area contributed by atoms with E-state index in [1.807, 2.05) is 4.90 Å². The van der Waals surface area contributed by atoms with Gasteiger partial charge in [0.25, 0.3) is 0 Å². The van der Waals surface area contributed by atoms with Crippen molar-refractivity contribution in [2.45, 2.75) is 37.3 Å². The highest BCUT2D eigenvalue weighted by atomic mass is 32.2. The smallest absolute Gasteiger partial charge is 0.238 e. The molecule has 5 rings (SSSR count). The molecule has 1 aromatic carbocycles. The lowest BCUT2D eigenvalue weighted by Crippen LogP contribution is -2.32. The molecule has 11 heteroatoms. The molecule has 1 spiro atoms. The molecule has 176 valence electrons. The van der Waals surface area contributed by atoms with Gasteiger partial charge in [-0.25, -0.2) is 17.8 Å². The van der Waals surface area contributed by atoms with E-state index in [0.717, 1.165) is 31.4 Å². The zero-order chi connectivity index (χ0) is 23.4. The zero-order valence-electron chi connectivity index (χ0n) is 18.4. The Bertz CT molecular complexity index is 1220. The van der Waals surface area contributed by atoms with Crippen LogP contribution in [0.4, 0.5) is 21.8 Å². The molecule has 3 N–H and O–H groups in total. The Balaban J connectivity index is 1.45. The van der Waals surface area contributed by atoms with Crippen molar-refractivity contribution < 1.29 is 17.6 Å². The molecule has 1 saturated heterocycles. The van der Waals surface area contributed by atoms with Gasteiger partial charge in [-0.15, -0.1) is 0 Å². The van der Waals surface area contributed by atoms with E-state index in [9.17, 15) is 17.6 Å². The maximum atomic E-state index is 14.0. The molecule has 2 aliphatic heterocycles. The predicted octanol–water partition coefficient (Wildman–Crippen LogP) is 1.19. The molecular weight excluding hydrogens is 447 g/mol. The monoisotopic (exact) mass is 474 g/mol. The van der Waals surface area contributed by atoms with Crippen molar-refractivity contribution in [2.75, 3.05) is 46.8 Å². The molecule has 9 nitrogen and oxygen atoms in total. The number of nitrogens with zero attached hydrogens (tertiary/aromatic N) is 4. The van der Waals surface area contributed by atoms with Crippen LogP contribution in [-0.4, -0.2) is 62.0 Å². The van der Waals surface area contributed by atoms with Gasteiger partial charge in [-0.3, -0.25) is 4.79 Å². The van der Waals surface area contributed by atoms with Crippen LogP contribution in [0.25, 0.3) is 0 Å². The average molecular weight is 475 g/mol. The Kier molecular flexibility index (Phi) is 5.28. The molecule has 1 aromatic heterocycles. The lowest BCUT2D eigenvalue weighted by Gasteiger charge is -2.22. The molecule has 1 atom stereocenters. The van der Waals surface area contributed by atoms with Crippen LogP contribution in [-0.2, 0) is 26.6 Å². The number of nitrogens with two attached hydrogens (primary N) is 1. The second kappa shape index (κ2) is 7.91. The maximum Gasteiger partial charge on any atom is 0.238 e. The molecule has 1 aliphatic carbocycles. The van der Waals surface area contributed by atoms with E-state index < -0.39 is 21.1 Å². The summed E-state index contributed by atoms with van der Waals surface area (Å²) in [4.78, 5) is 26.0. The minimum Gasteiger partial charge on any atom is -0.369 e. The third-order valence-electron chi connectivity index (χ3n) is 6.62. The molecule has 0 unspecified atom stereocenters. The van der Waals surface area contributed by atoms with E-state index in [4.69, 9.17) is 5.73 Å². The van der Waals surface area contributed by atoms with Gasteiger partial charge < -0.3 is 20.9 Å². The Morgan fingerprint density at radius 3 is 2.79 bits per heavy atom. The molecule has 1 amide bonds. The second-order valence-electron chi connectivity index (χ2n) is 9.23. The summed E-state index contributed by atoms with van der Waals surface area (Å²) in [5.41, 5.74) is 7.55. The van der Waals surface area contributed by atoms with Gasteiger partial charge >= 0.3 is 0 Å². The highest BCUT2D eigenvalue weighted by Crippen LogP contribution is 2.57. The number of carbonyl (C=O) groups excluding carboxylic acids is 1. The quantitative estimate of drug-likeness (QED) is 0.614. The first-order chi connectivity index (χ1) is 15.7. The number of benzene rings is 1. The van der Waals surface area contributed by atoms with Crippen molar-refractivity contribution in [1.82, 2.24) is 9.97 Å². The lowest BCUT2D eigenvalue weighted by molar-refractivity contribution is -0.120. The Hall–Kier alpha value is -2.79. The number of fused-ring (bicyclic) bond motifs is 2. The molecule has 2 fully saturated rings. The summed E-state index contributed by atoms with van der Waals surface area (Å²) in [6.45, 7) is 1.72. The van der Waals surface area contributed by atoms with Gasteiger partial charge in [0.15, 0.2) is 0 Å². The van der Waals surface area contributed by atoms with E-state index in [0.29, 0.717) is 29.6 Å². The van der Waals surface area contributed by atoms with Crippen LogP contribution >= 0.6 is 0 Å². The summed E-state index contributed by atoms with van der Waals surface area (Å²) in [5.74, 6) is 0.478. The lowest BCUT2D eigenvalue weighted by atomic mass is 9.98. The average Bonchev–Trinajstić information content (AvgIpc) is 3.39. The van der Waals surface area contributed by atoms with Crippen LogP contribution in [0.2, 0.25) is 0 Å². The number of rotatable bonds is 7. The maximum absolute atomic E-state index is 14.0. The Morgan fingerprint density at radius 1 is 1.33 bits per heavy atom. The molecule has 3 heterocycles. The van der Waals surface area contributed by atoms with Gasteiger partial charge in [-0.05, 0) is 37.0 Å². The molecule has 33 heavy (non-hydrogen) atoms. The fourth-order valence-electron chi connectivity index (χ4n) is 4.69. The van der Waals surface area contributed by atoms with Gasteiger partial charge in [-0.1, -0.05) is 6.07 Å². The van der Waals surface area contributed by atoms with Gasteiger partial charge in [0.1, 0.15) is 21.5 Å². The van der Waals surface area contributed by atoms with Crippen molar-refractivity contribution >= 4 is 33.2 Å². The van der Waals surface area contributed by atoms with E-state index in [1.165, 1.54) is 18.4 Å². The van der Waals surface area contributed by atoms with E-state index in [1.54, 1.807) is 17.2 Å². The largest absolute Gasteiger partial charge is 0.369 e. The summed E-state index contributed by atoms with van der Waals surface area (Å²) in [5, 5.41) is 3.11. The second-order valence-corrected chi connectivity index (χ2v) is 11.5. The molecular formula is C22H27FN6O3S. The van der Waals surface area contributed by atoms with Crippen LogP contribution < -0.4 is 20.9 Å². The molecule has 0 radical (unpaired) electrons. The number of carbonyl (C=O) groups is 1. The van der Waals surface area contributed by atoms with Crippen molar-refractivity contribution in [3.8, 4) is 0 Å². The SMILES string of the molecule is CS(=O)(=O)CCNc1nc(N2CC[C@H](N)C2)ncc1CN1C(=O)C2(CC2)c2ccc(F)cc21. The summed E-state index contributed by atoms with van der Waals surface area (Å²) < 4.78 is 37.2. The van der Waals surface area contributed by atoms with Crippen LogP contribution in [0.5, 0.6) is 0 Å². The van der Waals surface area contributed by atoms with E-state index in [-0.39, 0.29) is 30.8 Å². The zero-order valence-corrected chi connectivity index (χ0v) is 19.2. The highest BCUT2D eigenvalue weighted by molar-refractivity contribution is 7.90. The summed E-state index contributed by atoms with van der Waals surface area (Å²) in [7, 11) is -3.16. The van der Waals surface area contributed by atoms with Crippen LogP contribution in [0.1, 0.15) is 30.4 Å².